The summed E-state index contributed by atoms with van der Waals surface area (Å²) in [7, 11) is 3.88. The zero-order valence-corrected chi connectivity index (χ0v) is 12.8. The van der Waals surface area contributed by atoms with Crippen molar-refractivity contribution >= 4 is 23.2 Å². The average Bonchev–Trinajstić information content (AvgIpc) is 2.76. The molecule has 2 heterocycles. The second-order valence-electron chi connectivity index (χ2n) is 4.92. The summed E-state index contributed by atoms with van der Waals surface area (Å²) in [5, 5.41) is 13.7. The van der Waals surface area contributed by atoms with Gasteiger partial charge in [-0.25, -0.2) is 14.3 Å². The SMILES string of the molecule is C[C@H](OCCN(C)C)c1c(C(=O)O)cnc2cc(Cl)nn12. The summed E-state index contributed by atoms with van der Waals surface area (Å²) in [6.07, 6.45) is 0.856. The van der Waals surface area contributed by atoms with E-state index in [1.165, 1.54) is 10.7 Å². The minimum atomic E-state index is -1.07. The number of aromatic nitrogens is 3. The fourth-order valence-electron chi connectivity index (χ4n) is 1.97. The van der Waals surface area contributed by atoms with Crippen LogP contribution in [0.4, 0.5) is 0 Å². The summed E-state index contributed by atoms with van der Waals surface area (Å²) < 4.78 is 7.13. The van der Waals surface area contributed by atoms with E-state index < -0.39 is 12.1 Å². The molecule has 1 atom stereocenters. The predicted molar refractivity (Wildman–Crippen MR) is 77.9 cm³/mol. The van der Waals surface area contributed by atoms with Gasteiger partial charge in [-0.1, -0.05) is 11.6 Å². The summed E-state index contributed by atoms with van der Waals surface area (Å²) in [5.41, 5.74) is 0.973. The van der Waals surface area contributed by atoms with Crippen molar-refractivity contribution in [2.45, 2.75) is 13.0 Å². The molecule has 0 saturated carbocycles. The average molecular weight is 313 g/mol. The normalized spacial score (nSPS) is 13.0. The number of ether oxygens (including phenoxy) is 1. The van der Waals surface area contributed by atoms with Crippen LogP contribution in [0.1, 0.15) is 29.1 Å². The van der Waals surface area contributed by atoms with Crippen LogP contribution in [-0.2, 0) is 4.74 Å². The Morgan fingerprint density at radius 1 is 1.57 bits per heavy atom. The summed E-state index contributed by atoms with van der Waals surface area (Å²) in [6.45, 7) is 3.00. The van der Waals surface area contributed by atoms with Crippen LogP contribution in [0.2, 0.25) is 5.15 Å². The van der Waals surface area contributed by atoms with E-state index in [1.54, 1.807) is 13.0 Å². The summed E-state index contributed by atoms with van der Waals surface area (Å²) >= 11 is 5.87. The molecule has 2 aromatic heterocycles. The Labute approximate surface area is 127 Å². The van der Waals surface area contributed by atoms with Crippen LogP contribution in [0.15, 0.2) is 12.3 Å². The van der Waals surface area contributed by atoms with E-state index in [2.05, 4.69) is 10.1 Å². The Morgan fingerprint density at radius 3 is 2.90 bits per heavy atom. The van der Waals surface area contributed by atoms with E-state index in [4.69, 9.17) is 16.3 Å². The molecule has 21 heavy (non-hydrogen) atoms. The second-order valence-corrected chi connectivity index (χ2v) is 5.30. The summed E-state index contributed by atoms with van der Waals surface area (Å²) in [5.74, 6) is -1.07. The molecule has 8 heteroatoms. The number of rotatable bonds is 6. The Hall–Kier alpha value is -1.70. The first-order chi connectivity index (χ1) is 9.90. The van der Waals surface area contributed by atoms with Gasteiger partial charge in [0.25, 0.3) is 0 Å². The van der Waals surface area contributed by atoms with Crippen molar-refractivity contribution in [3.8, 4) is 0 Å². The molecule has 0 saturated heterocycles. The van der Waals surface area contributed by atoms with Gasteiger partial charge in [-0.2, -0.15) is 5.10 Å². The highest BCUT2D eigenvalue weighted by Crippen LogP contribution is 2.23. The van der Waals surface area contributed by atoms with Gasteiger partial charge in [0.2, 0.25) is 0 Å². The standard InChI is InChI=1S/C13H17ClN4O3/c1-8(21-5-4-17(2)3)12-9(13(19)20)7-15-11-6-10(14)16-18(11)12/h6-8H,4-5H2,1-3H3,(H,19,20)/t8-/m0/s1. The van der Waals surface area contributed by atoms with Gasteiger partial charge in [0.05, 0.1) is 18.4 Å². The fraction of sp³-hybridized carbons (Fsp3) is 0.462. The van der Waals surface area contributed by atoms with E-state index in [9.17, 15) is 9.90 Å². The number of fused-ring (bicyclic) bond motifs is 1. The lowest BCUT2D eigenvalue weighted by atomic mass is 10.1. The van der Waals surface area contributed by atoms with Gasteiger partial charge >= 0.3 is 5.97 Å². The van der Waals surface area contributed by atoms with Crippen LogP contribution >= 0.6 is 11.6 Å². The zero-order valence-electron chi connectivity index (χ0n) is 12.1. The fourth-order valence-corrected chi connectivity index (χ4v) is 2.14. The topological polar surface area (TPSA) is 80.0 Å². The zero-order chi connectivity index (χ0) is 15.6. The van der Waals surface area contributed by atoms with Gasteiger partial charge in [0, 0.05) is 18.8 Å². The lowest BCUT2D eigenvalue weighted by Crippen LogP contribution is -2.21. The van der Waals surface area contributed by atoms with Crippen LogP contribution in [0.5, 0.6) is 0 Å². The van der Waals surface area contributed by atoms with Crippen LogP contribution < -0.4 is 0 Å². The lowest BCUT2D eigenvalue weighted by Gasteiger charge is -2.18. The number of hydrogen-bond acceptors (Lipinski definition) is 5. The molecule has 0 radical (unpaired) electrons. The maximum absolute atomic E-state index is 11.4. The first-order valence-corrected chi connectivity index (χ1v) is 6.81. The first kappa shape index (κ1) is 15.7. The number of hydrogen-bond donors (Lipinski definition) is 1. The van der Waals surface area contributed by atoms with Gasteiger partial charge < -0.3 is 14.7 Å². The highest BCUT2D eigenvalue weighted by Gasteiger charge is 2.22. The molecule has 7 nitrogen and oxygen atoms in total. The molecule has 1 N–H and O–H groups in total. The Kier molecular flexibility index (Phi) is 4.76. The number of likely N-dealkylation sites (N-methyl/N-ethyl adjacent to an activating group) is 1. The van der Waals surface area contributed by atoms with Gasteiger partial charge in [-0.3, -0.25) is 0 Å². The maximum Gasteiger partial charge on any atom is 0.339 e. The van der Waals surface area contributed by atoms with Gasteiger partial charge in [-0.15, -0.1) is 0 Å². The largest absolute Gasteiger partial charge is 0.478 e. The monoisotopic (exact) mass is 312 g/mol. The number of carbonyl (C=O) groups is 1. The van der Waals surface area contributed by atoms with Crippen molar-refractivity contribution in [3.63, 3.8) is 0 Å². The minimum absolute atomic E-state index is 0.0552. The molecule has 0 amide bonds. The molecular weight excluding hydrogens is 296 g/mol. The van der Waals surface area contributed by atoms with Crippen LogP contribution in [-0.4, -0.2) is 57.8 Å². The highest BCUT2D eigenvalue weighted by atomic mass is 35.5. The number of aromatic carboxylic acids is 1. The quantitative estimate of drug-likeness (QED) is 0.875. The molecule has 0 aliphatic carbocycles. The molecule has 0 spiro atoms. The Morgan fingerprint density at radius 2 is 2.29 bits per heavy atom. The van der Waals surface area contributed by atoms with Crippen molar-refractivity contribution in [1.82, 2.24) is 19.5 Å². The van der Waals surface area contributed by atoms with Crippen LogP contribution in [0.25, 0.3) is 5.65 Å². The van der Waals surface area contributed by atoms with Crippen molar-refractivity contribution in [2.75, 3.05) is 27.2 Å². The van der Waals surface area contributed by atoms with Crippen molar-refractivity contribution in [1.29, 1.82) is 0 Å². The van der Waals surface area contributed by atoms with Crippen LogP contribution in [0, 0.1) is 0 Å². The molecule has 2 aromatic rings. The van der Waals surface area contributed by atoms with E-state index in [0.717, 1.165) is 6.54 Å². The number of halogens is 1. The third-order valence-electron chi connectivity index (χ3n) is 3.01. The third-order valence-corrected chi connectivity index (χ3v) is 3.20. The van der Waals surface area contributed by atoms with Gasteiger partial charge in [0.15, 0.2) is 10.8 Å². The van der Waals surface area contributed by atoms with E-state index in [0.29, 0.717) is 17.9 Å². The lowest BCUT2D eigenvalue weighted by molar-refractivity contribution is 0.0484. The Bertz CT molecular complexity index is 656. The molecular formula is C13H17ClN4O3. The molecule has 0 aliphatic heterocycles. The van der Waals surface area contributed by atoms with Gasteiger partial charge in [-0.05, 0) is 21.0 Å². The number of carboxylic acid groups (broad SMARTS) is 1. The van der Waals surface area contributed by atoms with Crippen molar-refractivity contribution in [3.05, 3.63) is 28.7 Å². The van der Waals surface area contributed by atoms with Crippen LogP contribution in [0.3, 0.4) is 0 Å². The summed E-state index contributed by atoms with van der Waals surface area (Å²) in [6, 6.07) is 1.57. The molecule has 0 aliphatic rings. The molecule has 2 rings (SSSR count). The minimum Gasteiger partial charge on any atom is -0.478 e. The van der Waals surface area contributed by atoms with E-state index in [-0.39, 0.29) is 10.7 Å². The van der Waals surface area contributed by atoms with Crippen molar-refractivity contribution < 1.29 is 14.6 Å². The van der Waals surface area contributed by atoms with Crippen molar-refractivity contribution in [2.24, 2.45) is 0 Å². The molecule has 0 bridgehead atoms. The molecule has 0 fully saturated rings. The first-order valence-electron chi connectivity index (χ1n) is 6.44. The van der Waals surface area contributed by atoms with Gasteiger partial charge in [0.1, 0.15) is 5.56 Å². The molecule has 114 valence electrons. The number of carboxylic acids is 1. The summed E-state index contributed by atoms with van der Waals surface area (Å²) in [4.78, 5) is 17.4. The van der Waals surface area contributed by atoms with E-state index >= 15 is 0 Å². The molecule has 0 aromatic carbocycles. The maximum atomic E-state index is 11.4. The Balaban J connectivity index is 2.38. The van der Waals surface area contributed by atoms with E-state index in [1.807, 2.05) is 19.0 Å². The number of nitrogens with zero attached hydrogens (tertiary/aromatic N) is 4. The smallest absolute Gasteiger partial charge is 0.339 e. The highest BCUT2D eigenvalue weighted by molar-refractivity contribution is 6.29. The second kappa shape index (κ2) is 6.38. The molecule has 0 unspecified atom stereocenters. The third kappa shape index (κ3) is 3.49. The predicted octanol–water partition coefficient (Wildman–Crippen LogP) is 1.72.